The van der Waals surface area contributed by atoms with Crippen LogP contribution < -0.4 is 5.73 Å². The molecule has 1 fully saturated rings. The molecule has 0 aromatic carbocycles. The zero-order chi connectivity index (χ0) is 10.7. The Bertz CT molecular complexity index is 315. The van der Waals surface area contributed by atoms with Crippen LogP contribution in [0.4, 0.5) is 5.13 Å². The summed E-state index contributed by atoms with van der Waals surface area (Å²) < 4.78 is 5.17. The average Bonchev–Trinajstić information content (AvgIpc) is 2.78. The number of likely N-dealkylation sites (tertiary alicyclic amines) is 1. The molecule has 1 aromatic heterocycles. The third kappa shape index (κ3) is 2.90. The summed E-state index contributed by atoms with van der Waals surface area (Å²) in [4.78, 5) is 7.76. The van der Waals surface area contributed by atoms with E-state index in [0.717, 1.165) is 26.2 Å². The Morgan fingerprint density at radius 3 is 3.27 bits per heavy atom. The molecule has 2 N–H and O–H groups in total. The van der Waals surface area contributed by atoms with Crippen LogP contribution in [0.1, 0.15) is 11.3 Å². The van der Waals surface area contributed by atoms with Gasteiger partial charge in [-0.15, -0.1) is 11.3 Å². The zero-order valence-electron chi connectivity index (χ0n) is 8.98. The van der Waals surface area contributed by atoms with E-state index in [1.165, 1.54) is 11.3 Å². The number of anilines is 1. The van der Waals surface area contributed by atoms with E-state index in [1.807, 2.05) is 6.20 Å². The molecule has 0 radical (unpaired) electrons. The van der Waals surface area contributed by atoms with E-state index in [4.69, 9.17) is 10.5 Å². The zero-order valence-corrected chi connectivity index (χ0v) is 9.80. The summed E-state index contributed by atoms with van der Waals surface area (Å²) in [7, 11) is 1.77. The van der Waals surface area contributed by atoms with Gasteiger partial charge < -0.3 is 10.5 Å². The molecule has 0 aliphatic carbocycles. The molecule has 0 saturated carbocycles. The van der Waals surface area contributed by atoms with Crippen molar-refractivity contribution in [1.29, 1.82) is 0 Å². The molecule has 2 heterocycles. The van der Waals surface area contributed by atoms with Crippen LogP contribution in [0.15, 0.2) is 6.20 Å². The van der Waals surface area contributed by atoms with E-state index in [-0.39, 0.29) is 0 Å². The average molecular weight is 227 g/mol. The molecule has 1 atom stereocenters. The highest BCUT2D eigenvalue weighted by Gasteiger charge is 2.22. The van der Waals surface area contributed by atoms with Gasteiger partial charge in [-0.2, -0.15) is 0 Å². The van der Waals surface area contributed by atoms with E-state index in [2.05, 4.69) is 9.88 Å². The number of aromatic nitrogens is 1. The SMILES string of the molecule is COCC1CCN(Cc2cnc(N)s2)C1. The van der Waals surface area contributed by atoms with E-state index < -0.39 is 0 Å². The van der Waals surface area contributed by atoms with Crippen LogP contribution in [0.3, 0.4) is 0 Å². The minimum absolute atomic E-state index is 0.664. The number of hydrogen-bond acceptors (Lipinski definition) is 5. The van der Waals surface area contributed by atoms with Crippen LogP contribution in [0.5, 0.6) is 0 Å². The number of nitrogens with zero attached hydrogens (tertiary/aromatic N) is 2. The minimum Gasteiger partial charge on any atom is -0.384 e. The summed E-state index contributed by atoms with van der Waals surface area (Å²) in [6, 6.07) is 0. The van der Waals surface area contributed by atoms with E-state index in [0.29, 0.717) is 11.0 Å². The van der Waals surface area contributed by atoms with Crippen LogP contribution >= 0.6 is 11.3 Å². The second-order valence-electron chi connectivity index (χ2n) is 4.01. The highest BCUT2D eigenvalue weighted by Crippen LogP contribution is 2.22. The summed E-state index contributed by atoms with van der Waals surface area (Å²) in [5.41, 5.74) is 5.60. The third-order valence-corrected chi connectivity index (χ3v) is 3.53. The Labute approximate surface area is 94.1 Å². The molecule has 1 aromatic rings. The van der Waals surface area contributed by atoms with Crippen molar-refractivity contribution in [1.82, 2.24) is 9.88 Å². The van der Waals surface area contributed by atoms with Gasteiger partial charge in [-0.1, -0.05) is 0 Å². The maximum absolute atomic E-state index is 5.60. The topological polar surface area (TPSA) is 51.4 Å². The van der Waals surface area contributed by atoms with Crippen molar-refractivity contribution in [3.63, 3.8) is 0 Å². The second kappa shape index (κ2) is 4.92. The van der Waals surface area contributed by atoms with Crippen LogP contribution in [-0.2, 0) is 11.3 Å². The molecular formula is C10H17N3OS. The Morgan fingerprint density at radius 1 is 1.73 bits per heavy atom. The standard InChI is InChI=1S/C10H17N3OS/c1-14-7-8-2-3-13(5-8)6-9-4-12-10(11)15-9/h4,8H,2-3,5-7H2,1H3,(H2,11,12). The van der Waals surface area contributed by atoms with Crippen LogP contribution in [0.25, 0.3) is 0 Å². The van der Waals surface area contributed by atoms with Gasteiger partial charge in [-0.05, 0) is 18.9 Å². The fourth-order valence-corrected chi connectivity index (χ4v) is 2.77. The molecule has 84 valence electrons. The summed E-state index contributed by atoms with van der Waals surface area (Å²) in [6.45, 7) is 4.15. The number of nitrogens with two attached hydrogens (primary N) is 1. The van der Waals surface area contributed by atoms with Crippen molar-refractivity contribution in [2.75, 3.05) is 32.5 Å². The molecule has 0 bridgehead atoms. The molecule has 1 unspecified atom stereocenters. The first kappa shape index (κ1) is 10.9. The maximum Gasteiger partial charge on any atom is 0.180 e. The lowest BCUT2D eigenvalue weighted by Crippen LogP contribution is -2.20. The van der Waals surface area contributed by atoms with Crippen molar-refractivity contribution < 1.29 is 4.74 Å². The fourth-order valence-electron chi connectivity index (χ4n) is 2.04. The van der Waals surface area contributed by atoms with Gasteiger partial charge in [-0.25, -0.2) is 4.98 Å². The monoisotopic (exact) mass is 227 g/mol. The molecular weight excluding hydrogens is 210 g/mol. The van der Waals surface area contributed by atoms with Gasteiger partial charge in [-0.3, -0.25) is 4.90 Å². The maximum atomic E-state index is 5.60. The lowest BCUT2D eigenvalue weighted by Gasteiger charge is -2.14. The third-order valence-electron chi connectivity index (χ3n) is 2.72. The summed E-state index contributed by atoms with van der Waals surface area (Å²) in [5.74, 6) is 0.695. The highest BCUT2D eigenvalue weighted by atomic mass is 32.1. The molecule has 1 aliphatic rings. The van der Waals surface area contributed by atoms with Crippen molar-refractivity contribution >= 4 is 16.5 Å². The number of hydrogen-bond donors (Lipinski definition) is 1. The van der Waals surface area contributed by atoms with Crippen molar-refractivity contribution in [2.24, 2.45) is 5.92 Å². The van der Waals surface area contributed by atoms with Crippen LogP contribution in [-0.4, -0.2) is 36.7 Å². The number of thiazole rings is 1. The number of ether oxygens (including phenoxy) is 1. The molecule has 5 heteroatoms. The molecule has 2 rings (SSSR count). The van der Waals surface area contributed by atoms with E-state index >= 15 is 0 Å². The molecule has 1 saturated heterocycles. The van der Waals surface area contributed by atoms with Gasteiger partial charge >= 0.3 is 0 Å². The summed E-state index contributed by atoms with van der Waals surface area (Å²) in [6.07, 6.45) is 3.12. The van der Waals surface area contributed by atoms with Gasteiger partial charge in [0.2, 0.25) is 0 Å². The Hall–Kier alpha value is -0.650. The van der Waals surface area contributed by atoms with Crippen molar-refractivity contribution in [2.45, 2.75) is 13.0 Å². The largest absolute Gasteiger partial charge is 0.384 e. The first-order valence-corrected chi connectivity index (χ1v) is 6.01. The predicted molar refractivity (Wildman–Crippen MR) is 61.8 cm³/mol. The van der Waals surface area contributed by atoms with Crippen molar-refractivity contribution in [3.8, 4) is 0 Å². The summed E-state index contributed by atoms with van der Waals surface area (Å²) >= 11 is 1.58. The minimum atomic E-state index is 0.664. The van der Waals surface area contributed by atoms with E-state index in [9.17, 15) is 0 Å². The number of rotatable bonds is 4. The first-order chi connectivity index (χ1) is 7.28. The van der Waals surface area contributed by atoms with Gasteiger partial charge in [0.15, 0.2) is 5.13 Å². The van der Waals surface area contributed by atoms with Gasteiger partial charge in [0.25, 0.3) is 0 Å². The first-order valence-electron chi connectivity index (χ1n) is 5.19. The molecule has 0 spiro atoms. The van der Waals surface area contributed by atoms with Gasteiger partial charge in [0.05, 0.1) is 6.61 Å². The van der Waals surface area contributed by atoms with Gasteiger partial charge in [0.1, 0.15) is 0 Å². The van der Waals surface area contributed by atoms with Gasteiger partial charge in [0, 0.05) is 31.3 Å². The number of methoxy groups -OCH3 is 1. The highest BCUT2D eigenvalue weighted by molar-refractivity contribution is 7.15. The van der Waals surface area contributed by atoms with Crippen molar-refractivity contribution in [3.05, 3.63) is 11.1 Å². The molecule has 4 nitrogen and oxygen atoms in total. The predicted octanol–water partition coefficient (Wildman–Crippen LogP) is 1.19. The van der Waals surface area contributed by atoms with E-state index in [1.54, 1.807) is 18.4 Å². The molecule has 1 aliphatic heterocycles. The van der Waals surface area contributed by atoms with Crippen LogP contribution in [0, 0.1) is 5.92 Å². The number of nitrogen functional groups attached to an aromatic ring is 1. The smallest absolute Gasteiger partial charge is 0.180 e. The lowest BCUT2D eigenvalue weighted by atomic mass is 10.1. The second-order valence-corrected chi connectivity index (χ2v) is 5.16. The Morgan fingerprint density at radius 2 is 2.60 bits per heavy atom. The quantitative estimate of drug-likeness (QED) is 0.839. The lowest BCUT2D eigenvalue weighted by molar-refractivity contribution is 0.153. The Kier molecular flexibility index (Phi) is 3.56. The Balaban J connectivity index is 1.82. The summed E-state index contributed by atoms with van der Waals surface area (Å²) in [5, 5.41) is 0.664. The van der Waals surface area contributed by atoms with Crippen LogP contribution in [0.2, 0.25) is 0 Å². The normalized spacial score (nSPS) is 22.3. The molecule has 15 heavy (non-hydrogen) atoms. The molecule has 0 amide bonds. The fraction of sp³-hybridized carbons (Fsp3) is 0.700.